The first-order chi connectivity index (χ1) is 6.63. The van der Waals surface area contributed by atoms with E-state index in [4.69, 9.17) is 11.6 Å². The summed E-state index contributed by atoms with van der Waals surface area (Å²) in [6, 6.07) is 7.74. The van der Waals surface area contributed by atoms with E-state index in [9.17, 15) is 0 Å². The highest BCUT2D eigenvalue weighted by atomic mass is 79.9. The van der Waals surface area contributed by atoms with Gasteiger partial charge in [-0.15, -0.1) is 0 Å². The van der Waals surface area contributed by atoms with Crippen LogP contribution in [-0.4, -0.2) is 5.33 Å². The molecule has 0 unspecified atom stereocenters. The van der Waals surface area contributed by atoms with Gasteiger partial charge in [-0.1, -0.05) is 62.2 Å². The van der Waals surface area contributed by atoms with Crippen molar-refractivity contribution in [3.8, 4) is 0 Å². The Morgan fingerprint density at radius 3 is 2.36 bits per heavy atom. The van der Waals surface area contributed by atoms with Gasteiger partial charge in [-0.05, 0) is 29.3 Å². The molecule has 1 aromatic carbocycles. The molecule has 1 rings (SSSR count). The lowest BCUT2D eigenvalue weighted by Crippen LogP contribution is -1.85. The van der Waals surface area contributed by atoms with Crippen LogP contribution in [0.1, 0.15) is 5.56 Å². The predicted molar refractivity (Wildman–Crippen MR) is 71.3 cm³/mol. The monoisotopic (exact) mass is 334 g/mol. The van der Waals surface area contributed by atoms with Gasteiger partial charge in [0.15, 0.2) is 0 Å². The zero-order chi connectivity index (χ0) is 10.6. The first kappa shape index (κ1) is 12.0. The molecule has 0 spiro atoms. The second-order valence-corrected chi connectivity index (χ2v) is 4.77. The first-order valence-electron chi connectivity index (χ1n) is 4.00. The molecule has 0 nitrogen and oxygen atoms in total. The molecule has 0 atom stereocenters. The summed E-state index contributed by atoms with van der Waals surface area (Å²) >= 11 is 12.6. The Hall–Kier alpha value is -0.0500. The van der Waals surface area contributed by atoms with E-state index in [0.717, 1.165) is 20.4 Å². The van der Waals surface area contributed by atoms with Crippen molar-refractivity contribution >= 4 is 49.0 Å². The maximum absolute atomic E-state index is 5.81. The molecule has 0 N–H and O–H groups in total. The fraction of sp³-hybridized carbons (Fsp3) is 0.0909. The second-order valence-electron chi connectivity index (χ2n) is 2.76. The number of rotatable bonds is 3. The predicted octanol–water partition coefficient (Wildman–Crippen LogP) is 5.03. The molecule has 1 aromatic rings. The van der Waals surface area contributed by atoms with Gasteiger partial charge >= 0.3 is 0 Å². The van der Waals surface area contributed by atoms with Gasteiger partial charge < -0.3 is 0 Å². The minimum Gasteiger partial charge on any atom is -0.0876 e. The molecule has 0 amide bonds. The molecule has 0 aliphatic heterocycles. The average Bonchev–Trinajstić information content (AvgIpc) is 2.15. The number of halogens is 3. The molecule has 0 aromatic heterocycles. The Kier molecular flexibility index (Phi) is 4.93. The Labute approximate surface area is 106 Å². The summed E-state index contributed by atoms with van der Waals surface area (Å²) in [5, 5.41) is 1.54. The van der Waals surface area contributed by atoms with Crippen molar-refractivity contribution in [1.82, 2.24) is 0 Å². The third kappa shape index (κ3) is 3.60. The molecule has 0 saturated heterocycles. The van der Waals surface area contributed by atoms with E-state index >= 15 is 0 Å². The summed E-state index contributed by atoms with van der Waals surface area (Å²) < 4.78 is 0.863. The van der Waals surface area contributed by atoms with Crippen molar-refractivity contribution in [3.63, 3.8) is 0 Å². The molecule has 74 valence electrons. The minimum absolute atomic E-state index is 0.750. The molecule has 0 radical (unpaired) electrons. The minimum atomic E-state index is 0.750. The van der Waals surface area contributed by atoms with Gasteiger partial charge in [0.1, 0.15) is 0 Å². The Morgan fingerprint density at radius 1 is 1.36 bits per heavy atom. The van der Waals surface area contributed by atoms with Crippen LogP contribution in [0.5, 0.6) is 0 Å². The summed E-state index contributed by atoms with van der Waals surface area (Å²) in [6.45, 7) is 3.78. The topological polar surface area (TPSA) is 0 Å². The maximum Gasteiger partial charge on any atom is 0.0406 e. The summed E-state index contributed by atoms with van der Waals surface area (Å²) in [5.74, 6) is 0. The van der Waals surface area contributed by atoms with Crippen LogP contribution in [0.4, 0.5) is 0 Å². The van der Waals surface area contributed by atoms with E-state index < -0.39 is 0 Å². The molecule has 0 bridgehead atoms. The largest absolute Gasteiger partial charge is 0.0876 e. The van der Waals surface area contributed by atoms with Gasteiger partial charge in [-0.3, -0.25) is 0 Å². The Balaban J connectivity index is 3.01. The van der Waals surface area contributed by atoms with Crippen LogP contribution >= 0.6 is 43.5 Å². The van der Waals surface area contributed by atoms with Crippen LogP contribution in [0.25, 0.3) is 5.57 Å². The maximum atomic E-state index is 5.81. The fourth-order valence-electron chi connectivity index (χ4n) is 1.05. The number of benzene rings is 1. The standard InChI is InChI=1S/C11H9Br2Cl/c1-8(13)6-10(7-12)9-2-4-11(14)5-3-9/h2-6H,1,7H2/b10-6+. The fourth-order valence-corrected chi connectivity index (χ4v) is 1.94. The molecular weight excluding hydrogens is 327 g/mol. The molecule has 0 aliphatic carbocycles. The van der Waals surface area contributed by atoms with E-state index in [2.05, 4.69) is 38.4 Å². The number of hydrogen-bond donors (Lipinski definition) is 0. The van der Waals surface area contributed by atoms with Crippen LogP contribution in [0.3, 0.4) is 0 Å². The highest BCUT2D eigenvalue weighted by Gasteiger charge is 1.99. The third-order valence-corrected chi connectivity index (χ3v) is 2.77. The van der Waals surface area contributed by atoms with Gasteiger partial charge in [0.2, 0.25) is 0 Å². The zero-order valence-electron chi connectivity index (χ0n) is 7.43. The molecule has 0 heterocycles. The second kappa shape index (κ2) is 5.74. The molecule has 0 aliphatic rings. The van der Waals surface area contributed by atoms with Crippen LogP contribution < -0.4 is 0 Å². The number of hydrogen-bond acceptors (Lipinski definition) is 0. The Morgan fingerprint density at radius 2 is 1.93 bits per heavy atom. The van der Waals surface area contributed by atoms with Crippen molar-refractivity contribution in [3.05, 3.63) is 52.0 Å². The highest BCUT2D eigenvalue weighted by Crippen LogP contribution is 2.21. The zero-order valence-corrected chi connectivity index (χ0v) is 11.4. The van der Waals surface area contributed by atoms with Crippen molar-refractivity contribution in [2.75, 3.05) is 5.33 Å². The lowest BCUT2D eigenvalue weighted by Gasteiger charge is -2.03. The molecular formula is C11H9Br2Cl. The van der Waals surface area contributed by atoms with E-state index in [1.807, 2.05) is 30.3 Å². The van der Waals surface area contributed by atoms with Gasteiger partial charge in [0.05, 0.1) is 0 Å². The normalized spacial score (nSPS) is 11.5. The molecule has 0 saturated carbocycles. The summed E-state index contributed by atoms with van der Waals surface area (Å²) in [5.41, 5.74) is 2.32. The van der Waals surface area contributed by atoms with Gasteiger partial charge in [-0.2, -0.15) is 0 Å². The smallest absolute Gasteiger partial charge is 0.0406 e. The number of alkyl halides is 1. The lowest BCUT2D eigenvalue weighted by molar-refractivity contribution is 1.58. The van der Waals surface area contributed by atoms with Crippen LogP contribution in [0, 0.1) is 0 Å². The van der Waals surface area contributed by atoms with E-state index in [-0.39, 0.29) is 0 Å². The van der Waals surface area contributed by atoms with Crippen molar-refractivity contribution in [1.29, 1.82) is 0 Å². The van der Waals surface area contributed by atoms with Gasteiger partial charge in [-0.25, -0.2) is 0 Å². The SMILES string of the molecule is C=C(Br)/C=C(\CBr)c1ccc(Cl)cc1. The Bertz CT molecular complexity index is 352. The average molecular weight is 336 g/mol. The van der Waals surface area contributed by atoms with E-state index in [0.29, 0.717) is 0 Å². The summed E-state index contributed by atoms with van der Waals surface area (Å²) in [7, 11) is 0. The quantitative estimate of drug-likeness (QED) is 0.537. The summed E-state index contributed by atoms with van der Waals surface area (Å²) in [4.78, 5) is 0. The molecule has 0 fully saturated rings. The van der Waals surface area contributed by atoms with E-state index in [1.165, 1.54) is 5.57 Å². The highest BCUT2D eigenvalue weighted by molar-refractivity contribution is 9.11. The van der Waals surface area contributed by atoms with Crippen molar-refractivity contribution in [2.24, 2.45) is 0 Å². The van der Waals surface area contributed by atoms with Crippen LogP contribution in [0.15, 0.2) is 41.4 Å². The van der Waals surface area contributed by atoms with Crippen molar-refractivity contribution < 1.29 is 0 Å². The first-order valence-corrected chi connectivity index (χ1v) is 6.29. The summed E-state index contributed by atoms with van der Waals surface area (Å²) in [6.07, 6.45) is 1.98. The molecule has 3 heteroatoms. The van der Waals surface area contributed by atoms with Crippen molar-refractivity contribution in [2.45, 2.75) is 0 Å². The third-order valence-electron chi connectivity index (χ3n) is 1.69. The van der Waals surface area contributed by atoms with Gasteiger partial charge in [0.25, 0.3) is 0 Å². The van der Waals surface area contributed by atoms with Gasteiger partial charge in [0, 0.05) is 14.8 Å². The molecule has 14 heavy (non-hydrogen) atoms. The van der Waals surface area contributed by atoms with Crippen LogP contribution in [-0.2, 0) is 0 Å². The number of allylic oxidation sites excluding steroid dienone is 3. The lowest BCUT2D eigenvalue weighted by atomic mass is 10.1. The van der Waals surface area contributed by atoms with E-state index in [1.54, 1.807) is 0 Å². The van der Waals surface area contributed by atoms with Crippen LogP contribution in [0.2, 0.25) is 5.02 Å².